The average Bonchev–Trinajstić information content (AvgIpc) is 3.17. The molecule has 6 heteroatoms. The van der Waals surface area contributed by atoms with Crippen LogP contribution in [0, 0.1) is 17.7 Å². The van der Waals surface area contributed by atoms with Crippen molar-refractivity contribution in [2.45, 2.75) is 56.6 Å². The fraction of sp³-hybridized carbons (Fsp3) is 0.611. The first kappa shape index (κ1) is 15.8. The fourth-order valence-corrected chi connectivity index (χ4v) is 4.29. The summed E-state index contributed by atoms with van der Waals surface area (Å²) in [5.41, 5.74) is 0.673. The molecule has 1 aliphatic heterocycles. The zero-order valence-corrected chi connectivity index (χ0v) is 13.2. The second-order valence-corrected chi connectivity index (χ2v) is 7.08. The van der Waals surface area contributed by atoms with Gasteiger partial charge in [0.25, 0.3) is 6.43 Å². The van der Waals surface area contributed by atoms with Gasteiger partial charge in [-0.2, -0.15) is 0 Å². The number of carbonyl (C=O) groups is 1. The topological polar surface area (TPSA) is 38.3 Å². The van der Waals surface area contributed by atoms with Crippen LogP contribution in [0.25, 0.3) is 0 Å². The minimum atomic E-state index is -2.57. The highest BCUT2D eigenvalue weighted by atomic mass is 19.3. The van der Waals surface area contributed by atoms with Gasteiger partial charge in [0.2, 0.25) is 5.91 Å². The van der Waals surface area contributed by atoms with E-state index in [4.69, 9.17) is 4.74 Å². The number of halogens is 3. The SMILES string of the molecule is O=C(NC(C(F)F)C1CCCCC1)C1C2Oc3ccc(F)cc3C21. The van der Waals surface area contributed by atoms with Crippen LogP contribution < -0.4 is 10.1 Å². The maximum atomic E-state index is 13.4. The molecule has 4 rings (SSSR count). The molecule has 2 fully saturated rings. The molecule has 1 N–H and O–H groups in total. The molecule has 1 aromatic carbocycles. The number of fused-ring (bicyclic) bond motifs is 3. The standard InChI is InChI=1S/C18H20F3NO2/c19-10-6-7-12-11(8-10)13-14(16(13)24-12)18(23)22-15(17(20)21)9-4-2-1-3-5-9/h6-9,13-17H,1-5H2,(H,22,23). The molecule has 3 nitrogen and oxygen atoms in total. The van der Waals surface area contributed by atoms with Crippen LogP contribution in [0.3, 0.4) is 0 Å². The van der Waals surface area contributed by atoms with Crippen molar-refractivity contribution < 1.29 is 22.7 Å². The summed E-state index contributed by atoms with van der Waals surface area (Å²) in [7, 11) is 0. The van der Waals surface area contributed by atoms with Crippen LogP contribution in [0.15, 0.2) is 18.2 Å². The molecule has 1 heterocycles. The third-order valence-corrected chi connectivity index (χ3v) is 5.59. The average molecular weight is 339 g/mol. The van der Waals surface area contributed by atoms with Crippen LogP contribution in [-0.2, 0) is 4.79 Å². The molecule has 3 aliphatic rings. The van der Waals surface area contributed by atoms with Crippen molar-refractivity contribution in [2.75, 3.05) is 0 Å². The first-order valence-electron chi connectivity index (χ1n) is 8.61. The van der Waals surface area contributed by atoms with Gasteiger partial charge in [-0.3, -0.25) is 4.79 Å². The summed E-state index contributed by atoms with van der Waals surface area (Å²) >= 11 is 0. The minimum absolute atomic E-state index is 0.160. The number of hydrogen-bond donors (Lipinski definition) is 1. The number of benzene rings is 1. The van der Waals surface area contributed by atoms with Crippen molar-refractivity contribution in [3.05, 3.63) is 29.6 Å². The number of ether oxygens (including phenoxy) is 1. The Bertz CT molecular complexity index is 645. The highest BCUT2D eigenvalue weighted by molar-refractivity contribution is 5.85. The van der Waals surface area contributed by atoms with Crippen LogP contribution >= 0.6 is 0 Å². The van der Waals surface area contributed by atoms with E-state index in [1.807, 2.05) is 0 Å². The molecule has 4 atom stereocenters. The Labute approximate surface area is 138 Å². The molecule has 2 aliphatic carbocycles. The number of rotatable bonds is 4. The largest absolute Gasteiger partial charge is 0.489 e. The normalized spacial score (nSPS) is 29.6. The van der Waals surface area contributed by atoms with Gasteiger partial charge >= 0.3 is 0 Å². The summed E-state index contributed by atoms with van der Waals surface area (Å²) in [5, 5.41) is 2.56. The third kappa shape index (κ3) is 2.66. The van der Waals surface area contributed by atoms with Gasteiger partial charge in [-0.1, -0.05) is 19.3 Å². The first-order chi connectivity index (χ1) is 11.6. The molecule has 1 aromatic rings. The summed E-state index contributed by atoms with van der Waals surface area (Å²) < 4.78 is 45.9. The molecule has 4 unspecified atom stereocenters. The van der Waals surface area contributed by atoms with E-state index in [2.05, 4.69) is 5.32 Å². The maximum Gasteiger partial charge on any atom is 0.258 e. The van der Waals surface area contributed by atoms with E-state index in [0.717, 1.165) is 32.1 Å². The molecule has 1 amide bonds. The van der Waals surface area contributed by atoms with Crippen LogP contribution in [0.4, 0.5) is 13.2 Å². The molecule has 2 saturated carbocycles. The van der Waals surface area contributed by atoms with Crippen LogP contribution in [0.1, 0.15) is 43.6 Å². The number of amides is 1. The molecule has 130 valence electrons. The van der Waals surface area contributed by atoms with Crippen LogP contribution in [0.2, 0.25) is 0 Å². The van der Waals surface area contributed by atoms with Gasteiger partial charge in [-0.15, -0.1) is 0 Å². The van der Waals surface area contributed by atoms with E-state index < -0.39 is 24.3 Å². The lowest BCUT2D eigenvalue weighted by Crippen LogP contribution is -2.47. The maximum absolute atomic E-state index is 13.4. The lowest BCUT2D eigenvalue weighted by atomic mass is 9.84. The predicted molar refractivity (Wildman–Crippen MR) is 81.6 cm³/mol. The fourth-order valence-electron chi connectivity index (χ4n) is 4.29. The zero-order chi connectivity index (χ0) is 16.8. The summed E-state index contributed by atoms with van der Waals surface area (Å²) in [4.78, 5) is 12.5. The van der Waals surface area contributed by atoms with Gasteiger partial charge in [0, 0.05) is 11.5 Å². The molecule has 24 heavy (non-hydrogen) atoms. The van der Waals surface area contributed by atoms with E-state index in [9.17, 15) is 18.0 Å². The Morgan fingerprint density at radius 2 is 1.96 bits per heavy atom. The van der Waals surface area contributed by atoms with Gasteiger partial charge in [-0.25, -0.2) is 13.2 Å². The Kier molecular flexibility index (Phi) is 3.93. The lowest BCUT2D eigenvalue weighted by Gasteiger charge is -2.30. The molecular formula is C18H20F3NO2. The zero-order valence-electron chi connectivity index (χ0n) is 13.2. The van der Waals surface area contributed by atoms with Gasteiger partial charge in [0.15, 0.2) is 0 Å². The van der Waals surface area contributed by atoms with Gasteiger partial charge in [-0.05, 0) is 37.0 Å². The highest BCUT2D eigenvalue weighted by Crippen LogP contribution is 2.58. The first-order valence-corrected chi connectivity index (χ1v) is 8.61. The molecule has 0 radical (unpaired) electrons. The monoisotopic (exact) mass is 339 g/mol. The quantitative estimate of drug-likeness (QED) is 0.910. The molecular weight excluding hydrogens is 319 g/mol. The van der Waals surface area contributed by atoms with E-state index >= 15 is 0 Å². The van der Waals surface area contributed by atoms with E-state index in [1.165, 1.54) is 12.1 Å². The van der Waals surface area contributed by atoms with Crippen molar-refractivity contribution in [1.82, 2.24) is 5.32 Å². The lowest BCUT2D eigenvalue weighted by molar-refractivity contribution is -0.125. The summed E-state index contributed by atoms with van der Waals surface area (Å²) in [5.74, 6) is -1.03. The van der Waals surface area contributed by atoms with Crippen LogP contribution in [-0.4, -0.2) is 24.5 Å². The smallest absolute Gasteiger partial charge is 0.258 e. The summed E-state index contributed by atoms with van der Waals surface area (Å²) in [6.07, 6.45) is 1.51. The van der Waals surface area contributed by atoms with E-state index in [0.29, 0.717) is 11.3 Å². The Morgan fingerprint density at radius 3 is 2.67 bits per heavy atom. The van der Waals surface area contributed by atoms with Crippen molar-refractivity contribution in [2.24, 2.45) is 11.8 Å². The second kappa shape index (κ2) is 5.97. The van der Waals surface area contributed by atoms with E-state index in [1.54, 1.807) is 6.07 Å². The molecule has 0 spiro atoms. The number of carbonyl (C=O) groups excluding carboxylic acids is 1. The predicted octanol–water partition coefficient (Wildman–Crippen LogP) is 3.63. The number of nitrogens with one attached hydrogen (secondary N) is 1. The van der Waals surface area contributed by atoms with Crippen molar-refractivity contribution in [1.29, 1.82) is 0 Å². The van der Waals surface area contributed by atoms with Crippen molar-refractivity contribution in [3.63, 3.8) is 0 Å². The van der Waals surface area contributed by atoms with Gasteiger partial charge in [0.1, 0.15) is 17.7 Å². The Morgan fingerprint density at radius 1 is 1.21 bits per heavy atom. The Balaban J connectivity index is 1.44. The van der Waals surface area contributed by atoms with E-state index in [-0.39, 0.29) is 23.8 Å². The number of hydrogen-bond acceptors (Lipinski definition) is 2. The highest BCUT2D eigenvalue weighted by Gasteiger charge is 2.63. The van der Waals surface area contributed by atoms with Crippen molar-refractivity contribution >= 4 is 5.91 Å². The minimum Gasteiger partial charge on any atom is -0.489 e. The summed E-state index contributed by atoms with van der Waals surface area (Å²) in [6, 6.07) is 3.15. The second-order valence-electron chi connectivity index (χ2n) is 7.08. The van der Waals surface area contributed by atoms with Crippen molar-refractivity contribution in [3.8, 4) is 5.75 Å². The van der Waals surface area contributed by atoms with Crippen LogP contribution in [0.5, 0.6) is 5.75 Å². The third-order valence-electron chi connectivity index (χ3n) is 5.59. The Hall–Kier alpha value is -1.72. The van der Waals surface area contributed by atoms with Gasteiger partial charge < -0.3 is 10.1 Å². The molecule has 0 saturated heterocycles. The molecule has 0 bridgehead atoms. The number of alkyl halides is 2. The summed E-state index contributed by atoms with van der Waals surface area (Å²) in [6.45, 7) is 0. The molecule has 0 aromatic heterocycles. The van der Waals surface area contributed by atoms with Gasteiger partial charge in [0.05, 0.1) is 12.0 Å².